The molecule has 0 fully saturated rings. The minimum absolute atomic E-state index is 0.674. The minimum atomic E-state index is 0.674. The first-order valence-corrected chi connectivity index (χ1v) is 5.27. The fourth-order valence-corrected chi connectivity index (χ4v) is 1.50. The summed E-state index contributed by atoms with van der Waals surface area (Å²) in [4.78, 5) is 0. The lowest BCUT2D eigenvalue weighted by atomic mass is 9.96. The van der Waals surface area contributed by atoms with Crippen molar-refractivity contribution in [3.8, 4) is 0 Å². The van der Waals surface area contributed by atoms with Crippen LogP contribution in [0.25, 0.3) is 0 Å². The van der Waals surface area contributed by atoms with Gasteiger partial charge in [0.1, 0.15) is 0 Å². The molecule has 71 valence electrons. The van der Waals surface area contributed by atoms with Crippen LogP contribution in [0.2, 0.25) is 0 Å². The number of hydrogen-bond donors (Lipinski definition) is 0. The van der Waals surface area contributed by atoms with Crippen LogP contribution in [0, 0.1) is 6.07 Å². The molecule has 1 atom stereocenters. The molecule has 1 aromatic rings. The van der Waals surface area contributed by atoms with Crippen LogP contribution in [0.5, 0.6) is 0 Å². The highest BCUT2D eigenvalue weighted by atomic mass is 14.1. The van der Waals surface area contributed by atoms with Gasteiger partial charge in [-0.25, -0.2) is 0 Å². The predicted molar refractivity (Wildman–Crippen MR) is 58.0 cm³/mol. The lowest BCUT2D eigenvalue weighted by Gasteiger charge is -2.09. The van der Waals surface area contributed by atoms with E-state index < -0.39 is 0 Å². The fraction of sp³-hybridized carbons (Fsp3) is 0.538. The zero-order valence-corrected chi connectivity index (χ0v) is 8.93. The SMILES string of the molecule is CCCc1c[c]cc(C(C)CC)c1. The van der Waals surface area contributed by atoms with Crippen LogP contribution < -0.4 is 0 Å². The first-order valence-electron chi connectivity index (χ1n) is 5.27. The highest BCUT2D eigenvalue weighted by Gasteiger charge is 2.02. The van der Waals surface area contributed by atoms with Gasteiger partial charge in [0.2, 0.25) is 0 Å². The zero-order valence-electron chi connectivity index (χ0n) is 8.93. The molecule has 0 spiro atoms. The van der Waals surface area contributed by atoms with E-state index in [0.29, 0.717) is 5.92 Å². The highest BCUT2D eigenvalue weighted by Crippen LogP contribution is 2.19. The summed E-state index contributed by atoms with van der Waals surface area (Å²) in [6.45, 7) is 6.73. The van der Waals surface area contributed by atoms with Crippen molar-refractivity contribution in [2.75, 3.05) is 0 Å². The van der Waals surface area contributed by atoms with E-state index in [-0.39, 0.29) is 0 Å². The Morgan fingerprint density at radius 3 is 2.69 bits per heavy atom. The number of aryl methyl sites for hydroxylation is 1. The van der Waals surface area contributed by atoms with Gasteiger partial charge in [0.15, 0.2) is 0 Å². The van der Waals surface area contributed by atoms with Crippen molar-refractivity contribution in [1.82, 2.24) is 0 Å². The Hall–Kier alpha value is -0.780. The van der Waals surface area contributed by atoms with Crippen LogP contribution in [-0.2, 0) is 6.42 Å². The average molecular weight is 175 g/mol. The van der Waals surface area contributed by atoms with Crippen molar-refractivity contribution < 1.29 is 0 Å². The standard InChI is InChI=1S/C13H19/c1-4-7-12-8-6-9-13(10-12)11(3)5-2/h8-11H,4-5,7H2,1-3H3. The highest BCUT2D eigenvalue weighted by molar-refractivity contribution is 5.25. The van der Waals surface area contributed by atoms with E-state index in [2.05, 4.69) is 45.0 Å². The van der Waals surface area contributed by atoms with Gasteiger partial charge in [-0.2, -0.15) is 0 Å². The van der Waals surface area contributed by atoms with E-state index in [9.17, 15) is 0 Å². The molecule has 0 bridgehead atoms. The average Bonchev–Trinajstić information content (AvgIpc) is 2.18. The van der Waals surface area contributed by atoms with Gasteiger partial charge >= 0.3 is 0 Å². The van der Waals surface area contributed by atoms with Crippen molar-refractivity contribution in [1.29, 1.82) is 0 Å². The van der Waals surface area contributed by atoms with Gasteiger partial charge in [-0.1, -0.05) is 45.4 Å². The molecule has 0 aliphatic rings. The number of rotatable bonds is 4. The Morgan fingerprint density at radius 2 is 2.08 bits per heavy atom. The van der Waals surface area contributed by atoms with Gasteiger partial charge < -0.3 is 0 Å². The van der Waals surface area contributed by atoms with Gasteiger partial charge in [-0.15, -0.1) is 0 Å². The summed E-state index contributed by atoms with van der Waals surface area (Å²) in [7, 11) is 0. The number of benzene rings is 1. The quantitative estimate of drug-likeness (QED) is 0.650. The van der Waals surface area contributed by atoms with Crippen molar-refractivity contribution in [3.63, 3.8) is 0 Å². The van der Waals surface area contributed by atoms with Gasteiger partial charge in [-0.05, 0) is 36.0 Å². The molecule has 0 amide bonds. The zero-order chi connectivity index (χ0) is 9.68. The monoisotopic (exact) mass is 175 g/mol. The van der Waals surface area contributed by atoms with Gasteiger partial charge in [-0.3, -0.25) is 0 Å². The van der Waals surface area contributed by atoms with E-state index in [4.69, 9.17) is 0 Å². The summed E-state index contributed by atoms with van der Waals surface area (Å²) in [6.07, 6.45) is 3.61. The Labute approximate surface area is 82.0 Å². The smallest absolute Gasteiger partial charge is 0.0178 e. The maximum absolute atomic E-state index is 3.23. The molecule has 0 heterocycles. The summed E-state index contributed by atoms with van der Waals surface area (Å²) in [5.74, 6) is 0.674. The summed E-state index contributed by atoms with van der Waals surface area (Å²) in [6, 6.07) is 9.78. The summed E-state index contributed by atoms with van der Waals surface area (Å²) in [5.41, 5.74) is 2.87. The van der Waals surface area contributed by atoms with Gasteiger partial charge in [0.05, 0.1) is 0 Å². The van der Waals surface area contributed by atoms with Crippen LogP contribution in [0.3, 0.4) is 0 Å². The van der Waals surface area contributed by atoms with Gasteiger partial charge in [0, 0.05) is 0 Å². The molecule has 0 N–H and O–H groups in total. The van der Waals surface area contributed by atoms with Crippen molar-refractivity contribution >= 4 is 0 Å². The Balaban J connectivity index is 2.78. The van der Waals surface area contributed by atoms with Crippen LogP contribution in [0.15, 0.2) is 18.2 Å². The first-order chi connectivity index (χ1) is 6.27. The maximum Gasteiger partial charge on any atom is -0.0178 e. The van der Waals surface area contributed by atoms with E-state index in [1.165, 1.54) is 30.4 Å². The molecule has 1 aromatic carbocycles. The number of hydrogen-bond acceptors (Lipinski definition) is 0. The van der Waals surface area contributed by atoms with E-state index >= 15 is 0 Å². The Bertz CT molecular complexity index is 250. The Morgan fingerprint density at radius 1 is 1.31 bits per heavy atom. The second-order valence-electron chi connectivity index (χ2n) is 3.73. The molecule has 0 aliphatic carbocycles. The molecule has 0 saturated carbocycles. The van der Waals surface area contributed by atoms with Crippen LogP contribution >= 0.6 is 0 Å². The molecule has 1 radical (unpaired) electrons. The largest absolute Gasteiger partial charge is 0.0651 e. The summed E-state index contributed by atoms with van der Waals surface area (Å²) in [5, 5.41) is 0. The lowest BCUT2D eigenvalue weighted by Crippen LogP contribution is -1.93. The fourth-order valence-electron chi connectivity index (χ4n) is 1.50. The van der Waals surface area contributed by atoms with Crippen molar-refractivity contribution in [2.45, 2.75) is 46.0 Å². The van der Waals surface area contributed by atoms with E-state index in [1.807, 2.05) is 0 Å². The topological polar surface area (TPSA) is 0 Å². The molecule has 0 heteroatoms. The molecule has 1 unspecified atom stereocenters. The lowest BCUT2D eigenvalue weighted by molar-refractivity contribution is 0.731. The molecule has 0 saturated heterocycles. The molecule has 1 rings (SSSR count). The normalized spacial score (nSPS) is 12.8. The first kappa shape index (κ1) is 10.3. The summed E-state index contributed by atoms with van der Waals surface area (Å²) >= 11 is 0. The van der Waals surface area contributed by atoms with E-state index in [0.717, 1.165) is 0 Å². The van der Waals surface area contributed by atoms with Crippen LogP contribution in [-0.4, -0.2) is 0 Å². The third-order valence-electron chi connectivity index (χ3n) is 2.59. The predicted octanol–water partition coefficient (Wildman–Crippen LogP) is 3.95. The molecular weight excluding hydrogens is 156 g/mol. The maximum atomic E-state index is 3.23. The van der Waals surface area contributed by atoms with Crippen molar-refractivity contribution in [2.24, 2.45) is 0 Å². The van der Waals surface area contributed by atoms with Crippen LogP contribution in [0.4, 0.5) is 0 Å². The second kappa shape index (κ2) is 5.06. The third-order valence-corrected chi connectivity index (χ3v) is 2.59. The van der Waals surface area contributed by atoms with E-state index in [1.54, 1.807) is 0 Å². The third kappa shape index (κ3) is 2.87. The molecule has 0 nitrogen and oxygen atoms in total. The molecule has 0 aromatic heterocycles. The second-order valence-corrected chi connectivity index (χ2v) is 3.73. The molecule has 13 heavy (non-hydrogen) atoms. The van der Waals surface area contributed by atoms with Gasteiger partial charge in [0.25, 0.3) is 0 Å². The van der Waals surface area contributed by atoms with Crippen LogP contribution in [0.1, 0.15) is 50.7 Å². The molecular formula is C13H19. The summed E-state index contributed by atoms with van der Waals surface area (Å²) < 4.78 is 0. The molecule has 0 aliphatic heterocycles. The Kier molecular flexibility index (Phi) is 4.01. The minimum Gasteiger partial charge on any atom is -0.0651 e. The van der Waals surface area contributed by atoms with Crippen molar-refractivity contribution in [3.05, 3.63) is 35.4 Å².